The minimum atomic E-state index is 0.226. The van der Waals surface area contributed by atoms with Crippen LogP contribution in [0.25, 0.3) is 0 Å². The zero-order valence-electron chi connectivity index (χ0n) is 12.0. The highest BCUT2D eigenvalue weighted by Crippen LogP contribution is 2.22. The van der Waals surface area contributed by atoms with Crippen LogP contribution in [-0.4, -0.2) is 11.5 Å². The maximum Gasteiger partial charge on any atom is 0.0591 e. The monoisotopic (exact) mass is 254 g/mol. The van der Waals surface area contributed by atoms with Gasteiger partial charge >= 0.3 is 0 Å². The van der Waals surface area contributed by atoms with E-state index in [0.29, 0.717) is 0 Å². The van der Waals surface area contributed by atoms with E-state index in [1.54, 1.807) is 0 Å². The van der Waals surface area contributed by atoms with Crippen molar-refractivity contribution in [1.29, 1.82) is 0 Å². The maximum atomic E-state index is 4.40. The number of nitrogens with one attached hydrogen (secondary N) is 1. The Bertz CT molecular complexity index is 500. The summed E-state index contributed by atoms with van der Waals surface area (Å²) in [5.74, 6) is 0. The predicted octanol–water partition coefficient (Wildman–Crippen LogP) is 3.65. The third-order valence-corrected chi connectivity index (χ3v) is 3.40. The first-order chi connectivity index (χ1) is 9.24. The number of aromatic nitrogens is 1. The molecule has 0 amide bonds. The quantitative estimate of drug-likeness (QED) is 0.881. The van der Waals surface area contributed by atoms with Gasteiger partial charge in [-0.1, -0.05) is 44.2 Å². The van der Waals surface area contributed by atoms with Gasteiger partial charge in [0.05, 0.1) is 6.04 Å². The Hall–Kier alpha value is -1.67. The second-order valence-corrected chi connectivity index (χ2v) is 4.82. The molecule has 1 aromatic heterocycles. The molecule has 0 spiro atoms. The largest absolute Gasteiger partial charge is 0.306 e. The molecular formula is C17H22N2. The first-order valence-corrected chi connectivity index (χ1v) is 6.99. The van der Waals surface area contributed by atoms with E-state index in [0.717, 1.165) is 18.7 Å². The van der Waals surface area contributed by atoms with Crippen LogP contribution in [0, 0.1) is 6.92 Å². The molecule has 2 nitrogen and oxygen atoms in total. The minimum absolute atomic E-state index is 0.226. The summed E-state index contributed by atoms with van der Waals surface area (Å²) < 4.78 is 0. The standard InChI is InChI=1S/C17H22N2/c1-4-14-7-10-15(11-8-14)17(18-5-2)16-9-6-13(3)19-12-16/h6-12,17-18H,4-5H2,1-3H3. The van der Waals surface area contributed by atoms with Crippen LogP contribution in [0.4, 0.5) is 0 Å². The summed E-state index contributed by atoms with van der Waals surface area (Å²) in [6.45, 7) is 7.27. The van der Waals surface area contributed by atoms with Crippen LogP contribution in [-0.2, 0) is 6.42 Å². The molecule has 2 aromatic rings. The predicted molar refractivity (Wildman–Crippen MR) is 80.3 cm³/mol. The number of rotatable bonds is 5. The molecule has 19 heavy (non-hydrogen) atoms. The highest BCUT2D eigenvalue weighted by Gasteiger charge is 2.12. The Kier molecular flexibility index (Phi) is 4.69. The lowest BCUT2D eigenvalue weighted by Gasteiger charge is -2.19. The molecule has 1 atom stereocenters. The minimum Gasteiger partial charge on any atom is -0.306 e. The summed E-state index contributed by atoms with van der Waals surface area (Å²) in [7, 11) is 0. The summed E-state index contributed by atoms with van der Waals surface area (Å²) >= 11 is 0. The fourth-order valence-corrected chi connectivity index (χ4v) is 2.23. The van der Waals surface area contributed by atoms with Gasteiger partial charge in [0, 0.05) is 11.9 Å². The van der Waals surface area contributed by atoms with E-state index in [9.17, 15) is 0 Å². The van der Waals surface area contributed by atoms with Gasteiger partial charge in [0.2, 0.25) is 0 Å². The maximum absolute atomic E-state index is 4.40. The van der Waals surface area contributed by atoms with Gasteiger partial charge in [-0.15, -0.1) is 0 Å². The van der Waals surface area contributed by atoms with Crippen molar-refractivity contribution in [1.82, 2.24) is 10.3 Å². The lowest BCUT2D eigenvalue weighted by Crippen LogP contribution is -2.22. The van der Waals surface area contributed by atoms with Crippen molar-refractivity contribution in [3.8, 4) is 0 Å². The number of hydrogen-bond donors (Lipinski definition) is 1. The van der Waals surface area contributed by atoms with Crippen LogP contribution >= 0.6 is 0 Å². The Balaban J connectivity index is 2.30. The fraction of sp³-hybridized carbons (Fsp3) is 0.353. The van der Waals surface area contributed by atoms with E-state index in [4.69, 9.17) is 0 Å². The molecule has 0 saturated carbocycles. The molecule has 2 heteroatoms. The Morgan fingerprint density at radius 2 is 1.68 bits per heavy atom. The van der Waals surface area contributed by atoms with Gasteiger partial charge in [-0.05, 0) is 42.6 Å². The first-order valence-electron chi connectivity index (χ1n) is 6.99. The summed E-state index contributed by atoms with van der Waals surface area (Å²) in [4.78, 5) is 4.40. The SMILES string of the molecule is CCNC(c1ccc(CC)cc1)c1ccc(C)nc1. The van der Waals surface area contributed by atoms with Crippen molar-refractivity contribution in [2.24, 2.45) is 0 Å². The molecule has 0 aliphatic carbocycles. The Morgan fingerprint density at radius 1 is 1.00 bits per heavy atom. The molecule has 1 heterocycles. The summed E-state index contributed by atoms with van der Waals surface area (Å²) in [5, 5.41) is 3.53. The second kappa shape index (κ2) is 6.48. The number of hydrogen-bond acceptors (Lipinski definition) is 2. The summed E-state index contributed by atoms with van der Waals surface area (Å²) in [5.41, 5.74) is 4.95. The molecule has 1 unspecified atom stereocenters. The lowest BCUT2D eigenvalue weighted by atomic mass is 9.98. The molecular weight excluding hydrogens is 232 g/mol. The van der Waals surface area contributed by atoms with E-state index in [1.807, 2.05) is 13.1 Å². The van der Waals surface area contributed by atoms with E-state index in [2.05, 4.69) is 60.5 Å². The molecule has 100 valence electrons. The van der Waals surface area contributed by atoms with Crippen molar-refractivity contribution < 1.29 is 0 Å². The summed E-state index contributed by atoms with van der Waals surface area (Å²) in [6, 6.07) is 13.3. The molecule has 1 aromatic carbocycles. The molecule has 1 N–H and O–H groups in total. The van der Waals surface area contributed by atoms with Crippen molar-refractivity contribution in [2.75, 3.05) is 6.54 Å². The summed E-state index contributed by atoms with van der Waals surface area (Å²) in [6.07, 6.45) is 3.05. The molecule has 0 bridgehead atoms. The van der Waals surface area contributed by atoms with E-state index < -0.39 is 0 Å². The van der Waals surface area contributed by atoms with Crippen molar-refractivity contribution in [3.63, 3.8) is 0 Å². The smallest absolute Gasteiger partial charge is 0.0591 e. The van der Waals surface area contributed by atoms with Crippen LogP contribution in [0.1, 0.15) is 42.3 Å². The van der Waals surface area contributed by atoms with Crippen molar-refractivity contribution in [3.05, 3.63) is 65.0 Å². The van der Waals surface area contributed by atoms with E-state index >= 15 is 0 Å². The van der Waals surface area contributed by atoms with Gasteiger partial charge < -0.3 is 5.32 Å². The zero-order valence-corrected chi connectivity index (χ0v) is 12.0. The molecule has 2 rings (SSSR count). The van der Waals surface area contributed by atoms with Crippen molar-refractivity contribution >= 4 is 0 Å². The molecule has 0 aliphatic heterocycles. The first kappa shape index (κ1) is 13.8. The van der Waals surface area contributed by atoms with Crippen LogP contribution in [0.5, 0.6) is 0 Å². The van der Waals surface area contributed by atoms with Gasteiger partial charge in [-0.3, -0.25) is 4.98 Å². The van der Waals surface area contributed by atoms with Gasteiger partial charge in [0.25, 0.3) is 0 Å². The zero-order chi connectivity index (χ0) is 13.7. The number of benzene rings is 1. The van der Waals surface area contributed by atoms with Crippen LogP contribution in [0.15, 0.2) is 42.6 Å². The van der Waals surface area contributed by atoms with E-state index in [1.165, 1.54) is 16.7 Å². The van der Waals surface area contributed by atoms with Gasteiger partial charge in [0.1, 0.15) is 0 Å². The topological polar surface area (TPSA) is 24.9 Å². The number of aryl methyl sites for hydroxylation is 2. The van der Waals surface area contributed by atoms with Gasteiger partial charge in [-0.25, -0.2) is 0 Å². The fourth-order valence-electron chi connectivity index (χ4n) is 2.23. The van der Waals surface area contributed by atoms with E-state index in [-0.39, 0.29) is 6.04 Å². The second-order valence-electron chi connectivity index (χ2n) is 4.82. The molecule has 0 saturated heterocycles. The highest BCUT2D eigenvalue weighted by atomic mass is 14.9. The average molecular weight is 254 g/mol. The number of pyridine rings is 1. The van der Waals surface area contributed by atoms with Gasteiger partial charge in [-0.2, -0.15) is 0 Å². The Morgan fingerprint density at radius 3 is 2.21 bits per heavy atom. The van der Waals surface area contributed by atoms with Crippen LogP contribution in [0.3, 0.4) is 0 Å². The Labute approximate surface area is 115 Å². The lowest BCUT2D eigenvalue weighted by molar-refractivity contribution is 0.628. The molecule has 0 fully saturated rings. The molecule has 0 radical (unpaired) electrons. The van der Waals surface area contributed by atoms with Crippen LogP contribution < -0.4 is 5.32 Å². The van der Waals surface area contributed by atoms with Crippen molar-refractivity contribution in [2.45, 2.75) is 33.2 Å². The van der Waals surface area contributed by atoms with Crippen LogP contribution in [0.2, 0.25) is 0 Å². The number of nitrogens with zero attached hydrogens (tertiary/aromatic N) is 1. The third kappa shape index (κ3) is 3.42. The van der Waals surface area contributed by atoms with Gasteiger partial charge in [0.15, 0.2) is 0 Å². The third-order valence-electron chi connectivity index (χ3n) is 3.40. The molecule has 0 aliphatic rings. The normalized spacial score (nSPS) is 12.4. The average Bonchev–Trinajstić information content (AvgIpc) is 2.46. The highest BCUT2D eigenvalue weighted by molar-refractivity contribution is 5.32.